The molecule has 94 valence electrons. The number of halogens is 2. The Morgan fingerprint density at radius 3 is 2.89 bits per heavy atom. The predicted molar refractivity (Wildman–Crippen MR) is 71.9 cm³/mol. The van der Waals surface area contributed by atoms with Crippen LogP contribution in [0.15, 0.2) is 18.2 Å². The van der Waals surface area contributed by atoms with Gasteiger partial charge in [0.2, 0.25) is 0 Å². The van der Waals surface area contributed by atoms with E-state index in [0.29, 0.717) is 10.0 Å². The number of rotatable bonds is 1. The summed E-state index contributed by atoms with van der Waals surface area (Å²) in [6, 6.07) is 5.75. The number of fused-ring (bicyclic) bond motifs is 1. The van der Waals surface area contributed by atoms with Crippen molar-refractivity contribution in [3.63, 3.8) is 0 Å². The first kappa shape index (κ1) is 12.0. The van der Waals surface area contributed by atoms with Crippen LogP contribution in [0.3, 0.4) is 0 Å². The van der Waals surface area contributed by atoms with Crippen LogP contribution in [0.4, 0.5) is 0 Å². The Balaban J connectivity index is 2.09. The summed E-state index contributed by atoms with van der Waals surface area (Å²) < 4.78 is 2.13. The molecule has 1 atom stereocenters. The lowest BCUT2D eigenvalue weighted by atomic mass is 10.2. The maximum absolute atomic E-state index is 6.04. The summed E-state index contributed by atoms with van der Waals surface area (Å²) in [5, 5.41) is 12.9. The second-order valence-corrected chi connectivity index (χ2v) is 5.15. The minimum absolute atomic E-state index is 0.225. The highest BCUT2D eigenvalue weighted by molar-refractivity contribution is 6.42. The topological polar surface area (TPSA) is 42.7 Å². The van der Waals surface area contributed by atoms with Crippen LogP contribution in [-0.4, -0.2) is 21.3 Å². The SMILES string of the molecule is CC1NCCn2c(-c3ccc(Cl)c(Cl)c3)nnc21. The van der Waals surface area contributed by atoms with Gasteiger partial charge >= 0.3 is 0 Å². The molecule has 0 saturated carbocycles. The summed E-state index contributed by atoms with van der Waals surface area (Å²) in [6.07, 6.45) is 0. The molecule has 0 fully saturated rings. The molecule has 4 nitrogen and oxygen atoms in total. The van der Waals surface area contributed by atoms with Crippen molar-refractivity contribution >= 4 is 23.2 Å². The van der Waals surface area contributed by atoms with Crippen molar-refractivity contribution in [3.8, 4) is 11.4 Å². The number of nitrogens with zero attached hydrogens (tertiary/aromatic N) is 3. The highest BCUT2D eigenvalue weighted by Gasteiger charge is 2.22. The normalized spacial score (nSPS) is 18.7. The van der Waals surface area contributed by atoms with E-state index in [9.17, 15) is 0 Å². The van der Waals surface area contributed by atoms with E-state index in [1.807, 2.05) is 12.1 Å². The van der Waals surface area contributed by atoms with Crippen LogP contribution in [-0.2, 0) is 6.54 Å². The molecule has 18 heavy (non-hydrogen) atoms. The lowest BCUT2D eigenvalue weighted by Gasteiger charge is -2.21. The maximum atomic E-state index is 6.04. The molecule has 0 aliphatic carbocycles. The second kappa shape index (κ2) is 4.53. The van der Waals surface area contributed by atoms with Crippen molar-refractivity contribution in [1.29, 1.82) is 0 Å². The molecule has 1 aliphatic rings. The number of benzene rings is 1. The molecule has 0 spiro atoms. The average Bonchev–Trinajstić information content (AvgIpc) is 2.78. The maximum Gasteiger partial charge on any atom is 0.164 e. The first-order valence-electron chi connectivity index (χ1n) is 5.78. The van der Waals surface area contributed by atoms with Crippen LogP contribution < -0.4 is 5.32 Å². The number of hydrogen-bond acceptors (Lipinski definition) is 3. The minimum Gasteiger partial charge on any atom is -0.308 e. The van der Waals surface area contributed by atoms with Gasteiger partial charge in [0.05, 0.1) is 16.1 Å². The minimum atomic E-state index is 0.225. The molecule has 2 aromatic rings. The molecule has 3 rings (SSSR count). The average molecular weight is 283 g/mol. The summed E-state index contributed by atoms with van der Waals surface area (Å²) in [5.41, 5.74) is 0.942. The van der Waals surface area contributed by atoms with Gasteiger partial charge in [-0.1, -0.05) is 23.2 Å². The van der Waals surface area contributed by atoms with Crippen LogP contribution in [0.2, 0.25) is 10.0 Å². The standard InChI is InChI=1S/C12H12Cl2N4/c1-7-11-16-17-12(18(11)5-4-15-7)8-2-3-9(13)10(14)6-8/h2-3,6-7,15H,4-5H2,1H3. The summed E-state index contributed by atoms with van der Waals surface area (Å²) in [5.74, 6) is 1.80. The first-order valence-corrected chi connectivity index (χ1v) is 6.54. The van der Waals surface area contributed by atoms with Crippen molar-refractivity contribution in [2.45, 2.75) is 19.5 Å². The van der Waals surface area contributed by atoms with Crippen molar-refractivity contribution in [2.24, 2.45) is 0 Å². The molecular weight excluding hydrogens is 271 g/mol. The largest absolute Gasteiger partial charge is 0.308 e. The van der Waals surface area contributed by atoms with Crippen LogP contribution >= 0.6 is 23.2 Å². The molecule has 1 aromatic carbocycles. The Labute approximate surface area is 115 Å². The highest BCUT2D eigenvalue weighted by atomic mass is 35.5. The van der Waals surface area contributed by atoms with Crippen LogP contribution in [0.5, 0.6) is 0 Å². The Morgan fingerprint density at radius 2 is 2.11 bits per heavy atom. The third-order valence-corrected chi connectivity index (χ3v) is 3.87. The summed E-state index contributed by atoms with van der Waals surface area (Å²) in [4.78, 5) is 0. The molecule has 6 heteroatoms. The predicted octanol–water partition coefficient (Wildman–Crippen LogP) is 2.92. The molecule has 0 radical (unpaired) electrons. The van der Waals surface area contributed by atoms with Crippen molar-refractivity contribution < 1.29 is 0 Å². The van der Waals surface area contributed by atoms with Crippen molar-refractivity contribution in [2.75, 3.05) is 6.54 Å². The molecule has 1 aliphatic heterocycles. The summed E-state index contributed by atoms with van der Waals surface area (Å²) in [6.45, 7) is 3.86. The van der Waals surface area contributed by atoms with Crippen molar-refractivity contribution in [1.82, 2.24) is 20.1 Å². The van der Waals surface area contributed by atoms with Crippen LogP contribution in [0, 0.1) is 0 Å². The third kappa shape index (κ3) is 1.90. The number of nitrogens with one attached hydrogen (secondary N) is 1. The molecule has 1 aromatic heterocycles. The van der Waals surface area contributed by atoms with E-state index >= 15 is 0 Å². The molecule has 0 bridgehead atoms. The Kier molecular flexibility index (Phi) is 3.01. The molecule has 1 N–H and O–H groups in total. The lowest BCUT2D eigenvalue weighted by molar-refractivity contribution is 0.439. The molecular formula is C12H12Cl2N4. The van der Waals surface area contributed by atoms with Gasteiger partial charge in [-0.25, -0.2) is 0 Å². The zero-order valence-corrected chi connectivity index (χ0v) is 11.3. The molecule has 0 amide bonds. The number of hydrogen-bond donors (Lipinski definition) is 1. The van der Waals surface area contributed by atoms with E-state index in [2.05, 4.69) is 27.0 Å². The molecule has 0 saturated heterocycles. The van der Waals surface area contributed by atoms with Crippen LogP contribution in [0.25, 0.3) is 11.4 Å². The fourth-order valence-electron chi connectivity index (χ4n) is 2.19. The van der Waals surface area contributed by atoms with Gasteiger partial charge in [0.25, 0.3) is 0 Å². The van der Waals surface area contributed by atoms with Gasteiger partial charge in [0, 0.05) is 18.7 Å². The van der Waals surface area contributed by atoms with Gasteiger partial charge in [0.1, 0.15) is 5.82 Å². The van der Waals surface area contributed by atoms with E-state index < -0.39 is 0 Å². The quantitative estimate of drug-likeness (QED) is 0.875. The van der Waals surface area contributed by atoms with Gasteiger partial charge < -0.3 is 9.88 Å². The monoisotopic (exact) mass is 282 g/mol. The third-order valence-electron chi connectivity index (χ3n) is 3.13. The van der Waals surface area contributed by atoms with Crippen LogP contribution in [0.1, 0.15) is 18.8 Å². The van der Waals surface area contributed by atoms with Gasteiger partial charge in [0.15, 0.2) is 5.82 Å². The highest BCUT2D eigenvalue weighted by Crippen LogP contribution is 2.29. The van der Waals surface area contributed by atoms with E-state index in [4.69, 9.17) is 23.2 Å². The Morgan fingerprint density at radius 1 is 1.28 bits per heavy atom. The van der Waals surface area contributed by atoms with Gasteiger partial charge in [-0.15, -0.1) is 10.2 Å². The van der Waals surface area contributed by atoms with E-state index in [1.165, 1.54) is 0 Å². The first-order chi connectivity index (χ1) is 8.66. The zero-order valence-electron chi connectivity index (χ0n) is 9.82. The van der Waals surface area contributed by atoms with Gasteiger partial charge in [-0.3, -0.25) is 0 Å². The van der Waals surface area contributed by atoms with Gasteiger partial charge in [-0.05, 0) is 25.1 Å². The Hall–Kier alpha value is -1.10. The summed E-state index contributed by atoms with van der Waals surface area (Å²) in [7, 11) is 0. The van der Waals surface area contributed by atoms with E-state index in [0.717, 1.165) is 30.3 Å². The fourth-order valence-corrected chi connectivity index (χ4v) is 2.49. The van der Waals surface area contributed by atoms with Gasteiger partial charge in [-0.2, -0.15) is 0 Å². The second-order valence-electron chi connectivity index (χ2n) is 4.34. The number of aromatic nitrogens is 3. The Bertz CT molecular complexity index is 594. The summed E-state index contributed by atoms with van der Waals surface area (Å²) >= 11 is 12.0. The van der Waals surface area contributed by atoms with E-state index in [-0.39, 0.29) is 6.04 Å². The zero-order chi connectivity index (χ0) is 12.7. The van der Waals surface area contributed by atoms with Crippen molar-refractivity contribution in [3.05, 3.63) is 34.1 Å². The lowest BCUT2D eigenvalue weighted by Crippen LogP contribution is -2.32. The molecule has 1 unspecified atom stereocenters. The molecule has 2 heterocycles. The van der Waals surface area contributed by atoms with E-state index in [1.54, 1.807) is 6.07 Å². The fraction of sp³-hybridized carbons (Fsp3) is 0.333. The smallest absolute Gasteiger partial charge is 0.164 e.